The van der Waals surface area contributed by atoms with Gasteiger partial charge in [0.15, 0.2) is 0 Å². The maximum absolute atomic E-state index is 11.7. The molecule has 8 heteroatoms. The summed E-state index contributed by atoms with van der Waals surface area (Å²) in [5.74, 6) is -2.30. The van der Waals surface area contributed by atoms with Crippen molar-refractivity contribution in [3.05, 3.63) is 0 Å². The number of hydrogen-bond acceptors (Lipinski definition) is 4. The van der Waals surface area contributed by atoms with Crippen molar-refractivity contribution in [3.63, 3.8) is 0 Å². The Kier molecular flexibility index (Phi) is 5.09. The van der Waals surface area contributed by atoms with E-state index in [4.69, 9.17) is 10.2 Å². The van der Waals surface area contributed by atoms with Crippen molar-refractivity contribution in [2.24, 2.45) is 17.0 Å². The molecule has 0 aromatic heterocycles. The lowest BCUT2D eigenvalue weighted by Crippen LogP contribution is -2.38. The summed E-state index contributed by atoms with van der Waals surface area (Å²) >= 11 is 0. The van der Waals surface area contributed by atoms with Crippen molar-refractivity contribution in [2.45, 2.75) is 25.7 Å². The lowest BCUT2D eigenvalue weighted by Gasteiger charge is -2.25. The number of primary sulfonamides is 1. The number of carbonyl (C=O) groups is 2. The van der Waals surface area contributed by atoms with E-state index in [1.54, 1.807) is 0 Å². The van der Waals surface area contributed by atoms with Crippen LogP contribution in [0.5, 0.6) is 0 Å². The SMILES string of the molecule is NS(=O)(=O)CCNC(=O)C1CCCC(C(=O)O)C1. The summed E-state index contributed by atoms with van der Waals surface area (Å²) in [7, 11) is -3.58. The molecule has 4 N–H and O–H groups in total. The van der Waals surface area contributed by atoms with E-state index in [0.29, 0.717) is 25.7 Å². The lowest BCUT2D eigenvalue weighted by molar-refractivity contribution is -0.144. The highest BCUT2D eigenvalue weighted by Crippen LogP contribution is 2.29. The summed E-state index contributed by atoms with van der Waals surface area (Å²) in [6.07, 6.45) is 2.25. The third kappa shape index (κ3) is 5.01. The van der Waals surface area contributed by atoms with Crippen molar-refractivity contribution in [2.75, 3.05) is 12.3 Å². The zero-order valence-corrected chi connectivity index (χ0v) is 10.8. The maximum Gasteiger partial charge on any atom is 0.306 e. The van der Waals surface area contributed by atoms with Gasteiger partial charge in [-0.1, -0.05) is 6.42 Å². The Hall–Kier alpha value is -1.15. The molecule has 1 aliphatic rings. The summed E-state index contributed by atoms with van der Waals surface area (Å²) < 4.78 is 21.4. The Morgan fingerprint density at radius 1 is 1.28 bits per heavy atom. The molecule has 0 bridgehead atoms. The van der Waals surface area contributed by atoms with Gasteiger partial charge in [-0.15, -0.1) is 0 Å². The fourth-order valence-electron chi connectivity index (χ4n) is 2.11. The summed E-state index contributed by atoms with van der Waals surface area (Å²) in [6.45, 7) is -0.0358. The van der Waals surface area contributed by atoms with Crippen molar-refractivity contribution in [1.82, 2.24) is 5.32 Å². The molecular weight excluding hydrogens is 260 g/mol. The number of carboxylic acid groups (broad SMARTS) is 1. The van der Waals surface area contributed by atoms with E-state index in [1.807, 2.05) is 0 Å². The molecule has 0 spiro atoms. The van der Waals surface area contributed by atoms with Gasteiger partial charge >= 0.3 is 5.97 Å². The normalized spacial score (nSPS) is 24.5. The molecule has 1 rings (SSSR count). The first-order valence-corrected chi connectivity index (χ1v) is 7.52. The third-order valence-corrected chi connectivity index (χ3v) is 3.85. The number of hydrogen-bond donors (Lipinski definition) is 3. The molecule has 0 radical (unpaired) electrons. The fourth-order valence-corrected chi connectivity index (χ4v) is 2.50. The number of aliphatic carboxylic acids is 1. The molecule has 0 saturated heterocycles. The molecular formula is C10H18N2O5S. The first-order chi connectivity index (χ1) is 8.29. The number of nitrogens with one attached hydrogen (secondary N) is 1. The molecule has 18 heavy (non-hydrogen) atoms. The third-order valence-electron chi connectivity index (χ3n) is 3.08. The van der Waals surface area contributed by atoms with E-state index < -0.39 is 21.9 Å². The van der Waals surface area contributed by atoms with Gasteiger partial charge in [-0.05, 0) is 19.3 Å². The monoisotopic (exact) mass is 278 g/mol. The summed E-state index contributed by atoms with van der Waals surface area (Å²) in [5.41, 5.74) is 0. The minimum Gasteiger partial charge on any atom is -0.481 e. The molecule has 104 valence electrons. The highest BCUT2D eigenvalue weighted by Gasteiger charge is 2.30. The van der Waals surface area contributed by atoms with Gasteiger partial charge in [0.2, 0.25) is 15.9 Å². The molecule has 1 amide bonds. The van der Waals surface area contributed by atoms with Crippen LogP contribution in [0.1, 0.15) is 25.7 Å². The molecule has 1 fully saturated rings. The second kappa shape index (κ2) is 6.14. The minimum atomic E-state index is -3.58. The van der Waals surface area contributed by atoms with Crippen LogP contribution < -0.4 is 10.5 Å². The maximum atomic E-state index is 11.7. The molecule has 0 heterocycles. The number of sulfonamides is 1. The average molecular weight is 278 g/mol. The second-order valence-corrected chi connectivity index (χ2v) is 6.29. The molecule has 0 aromatic rings. The number of rotatable bonds is 5. The zero-order valence-electron chi connectivity index (χ0n) is 9.96. The summed E-state index contributed by atoms with van der Waals surface area (Å²) in [4.78, 5) is 22.6. The first-order valence-electron chi connectivity index (χ1n) is 5.80. The van der Waals surface area contributed by atoms with Gasteiger partial charge < -0.3 is 10.4 Å². The van der Waals surface area contributed by atoms with Gasteiger partial charge in [0.1, 0.15) is 0 Å². The first kappa shape index (κ1) is 14.9. The Labute approximate surface area is 106 Å². The summed E-state index contributed by atoms with van der Waals surface area (Å²) in [5, 5.41) is 16.2. The summed E-state index contributed by atoms with van der Waals surface area (Å²) in [6, 6.07) is 0. The molecule has 1 aliphatic carbocycles. The minimum absolute atomic E-state index is 0.0358. The van der Waals surface area contributed by atoms with E-state index in [2.05, 4.69) is 5.32 Å². The van der Waals surface area contributed by atoms with Crippen LogP contribution in [0.4, 0.5) is 0 Å². The van der Waals surface area contributed by atoms with Crippen molar-refractivity contribution >= 4 is 21.9 Å². The molecule has 0 aromatic carbocycles. The van der Waals surface area contributed by atoms with Crippen molar-refractivity contribution in [1.29, 1.82) is 0 Å². The Morgan fingerprint density at radius 2 is 1.89 bits per heavy atom. The Balaban J connectivity index is 2.39. The quantitative estimate of drug-likeness (QED) is 0.612. The Morgan fingerprint density at radius 3 is 2.44 bits per heavy atom. The van der Waals surface area contributed by atoms with Crippen LogP contribution in [0.3, 0.4) is 0 Å². The Bertz CT molecular complexity index is 420. The standard InChI is InChI=1S/C10H18N2O5S/c11-18(16,17)5-4-12-9(13)7-2-1-3-8(6-7)10(14)15/h7-8H,1-6H2,(H,12,13)(H,14,15)(H2,11,16,17). The van der Waals surface area contributed by atoms with E-state index in [0.717, 1.165) is 0 Å². The van der Waals surface area contributed by atoms with Crippen LogP contribution in [0, 0.1) is 11.8 Å². The molecule has 7 nitrogen and oxygen atoms in total. The number of carboxylic acids is 1. The smallest absolute Gasteiger partial charge is 0.306 e. The van der Waals surface area contributed by atoms with Crippen LogP contribution in [0.2, 0.25) is 0 Å². The number of carbonyl (C=O) groups excluding carboxylic acids is 1. The topological polar surface area (TPSA) is 127 Å². The lowest BCUT2D eigenvalue weighted by atomic mass is 9.81. The predicted octanol–water partition coefficient (Wildman–Crippen LogP) is -0.718. The van der Waals surface area contributed by atoms with E-state index in [9.17, 15) is 18.0 Å². The van der Waals surface area contributed by atoms with Crippen LogP contribution in [0.25, 0.3) is 0 Å². The second-order valence-electron chi connectivity index (χ2n) is 4.56. The van der Waals surface area contributed by atoms with E-state index >= 15 is 0 Å². The van der Waals surface area contributed by atoms with E-state index in [1.165, 1.54) is 0 Å². The van der Waals surface area contributed by atoms with Crippen molar-refractivity contribution in [3.8, 4) is 0 Å². The molecule has 0 aliphatic heterocycles. The van der Waals surface area contributed by atoms with Crippen LogP contribution in [-0.4, -0.2) is 37.7 Å². The van der Waals surface area contributed by atoms with Crippen molar-refractivity contribution < 1.29 is 23.1 Å². The molecule has 1 saturated carbocycles. The highest BCUT2D eigenvalue weighted by atomic mass is 32.2. The fraction of sp³-hybridized carbons (Fsp3) is 0.800. The molecule has 2 atom stereocenters. The van der Waals surface area contributed by atoms with Gasteiger partial charge in [0, 0.05) is 12.5 Å². The molecule has 2 unspecified atom stereocenters. The largest absolute Gasteiger partial charge is 0.481 e. The van der Waals surface area contributed by atoms with Gasteiger partial charge in [0.25, 0.3) is 0 Å². The van der Waals surface area contributed by atoms with Crippen LogP contribution >= 0.6 is 0 Å². The average Bonchev–Trinajstić information content (AvgIpc) is 2.27. The van der Waals surface area contributed by atoms with Gasteiger partial charge in [-0.25, -0.2) is 13.6 Å². The number of amides is 1. The van der Waals surface area contributed by atoms with Crippen LogP contribution in [0.15, 0.2) is 0 Å². The number of nitrogens with two attached hydrogens (primary N) is 1. The predicted molar refractivity (Wildman–Crippen MR) is 64.1 cm³/mol. The van der Waals surface area contributed by atoms with Crippen LogP contribution in [-0.2, 0) is 19.6 Å². The van der Waals surface area contributed by atoms with Gasteiger partial charge in [-0.3, -0.25) is 9.59 Å². The zero-order chi connectivity index (χ0) is 13.8. The van der Waals surface area contributed by atoms with Gasteiger partial charge in [-0.2, -0.15) is 0 Å². The van der Waals surface area contributed by atoms with Gasteiger partial charge in [0.05, 0.1) is 11.7 Å². The van der Waals surface area contributed by atoms with E-state index in [-0.39, 0.29) is 24.1 Å². The highest BCUT2D eigenvalue weighted by molar-refractivity contribution is 7.89.